The highest BCUT2D eigenvalue weighted by atomic mass is 19.1. The van der Waals surface area contributed by atoms with Crippen molar-refractivity contribution in [3.63, 3.8) is 0 Å². The number of rotatable bonds is 3. The molecule has 112 valence electrons. The Bertz CT molecular complexity index is 602. The normalized spacial score (nSPS) is 22.5. The first-order chi connectivity index (χ1) is 10.1. The first-order valence-electron chi connectivity index (χ1n) is 7.27. The van der Waals surface area contributed by atoms with E-state index in [0.717, 1.165) is 30.4 Å². The maximum atomic E-state index is 13.2. The molecule has 1 saturated heterocycles. The summed E-state index contributed by atoms with van der Waals surface area (Å²) < 4.78 is 13.2. The lowest BCUT2D eigenvalue weighted by Gasteiger charge is -2.35. The van der Waals surface area contributed by atoms with E-state index in [1.165, 1.54) is 12.1 Å². The van der Waals surface area contributed by atoms with E-state index < -0.39 is 0 Å². The summed E-state index contributed by atoms with van der Waals surface area (Å²) in [7, 11) is 0. The Labute approximate surface area is 123 Å². The summed E-state index contributed by atoms with van der Waals surface area (Å²) in [4.78, 5) is 6.71. The number of H-pyrrole nitrogens is 1. The van der Waals surface area contributed by atoms with E-state index in [-0.39, 0.29) is 5.82 Å². The van der Waals surface area contributed by atoms with Crippen molar-refractivity contribution < 1.29 is 4.39 Å². The molecule has 0 spiro atoms. The lowest BCUT2D eigenvalue weighted by molar-refractivity contribution is 0.403. The Balaban J connectivity index is 1.71. The van der Waals surface area contributed by atoms with E-state index in [2.05, 4.69) is 39.2 Å². The molecule has 6 heteroatoms. The number of hydrogen-bond acceptors (Lipinski definition) is 4. The average molecular weight is 289 g/mol. The zero-order valence-electron chi connectivity index (χ0n) is 12.3. The van der Waals surface area contributed by atoms with Gasteiger partial charge in [-0.25, -0.2) is 4.39 Å². The van der Waals surface area contributed by atoms with Crippen molar-refractivity contribution in [2.75, 3.05) is 18.0 Å². The quantitative estimate of drug-likeness (QED) is 0.903. The fourth-order valence-electron chi connectivity index (χ4n) is 2.84. The van der Waals surface area contributed by atoms with Crippen molar-refractivity contribution in [1.82, 2.24) is 20.5 Å². The van der Waals surface area contributed by atoms with Crippen LogP contribution in [0.4, 0.5) is 10.3 Å². The predicted octanol–water partition coefficient (Wildman–Crippen LogP) is 1.72. The molecule has 21 heavy (non-hydrogen) atoms. The molecule has 1 aliphatic heterocycles. The standard InChI is InChI=1S/C15H20FN5/c1-10-8-21(9-11(2)17-10)15-18-14(19-20-15)7-12-4-3-5-13(16)6-12/h3-6,10-11,17H,7-9H2,1-2H3,(H,18,19,20). The largest absolute Gasteiger partial charge is 0.336 e. The number of aromatic amines is 1. The number of nitrogens with zero attached hydrogens (tertiary/aromatic N) is 3. The second-order valence-corrected chi connectivity index (χ2v) is 5.76. The molecule has 1 aliphatic rings. The molecule has 1 aromatic heterocycles. The Hall–Kier alpha value is -1.95. The minimum absolute atomic E-state index is 0.225. The third-order valence-electron chi connectivity index (χ3n) is 3.62. The van der Waals surface area contributed by atoms with Crippen LogP contribution in [0.25, 0.3) is 0 Å². The van der Waals surface area contributed by atoms with Crippen LogP contribution in [0, 0.1) is 5.82 Å². The molecule has 0 bridgehead atoms. The smallest absolute Gasteiger partial charge is 0.244 e. The predicted molar refractivity (Wildman–Crippen MR) is 79.9 cm³/mol. The van der Waals surface area contributed by atoms with Gasteiger partial charge in [0.05, 0.1) is 0 Å². The molecule has 3 rings (SSSR count). The molecule has 0 radical (unpaired) electrons. The van der Waals surface area contributed by atoms with Gasteiger partial charge in [0, 0.05) is 31.6 Å². The number of benzene rings is 1. The number of piperazine rings is 1. The first-order valence-corrected chi connectivity index (χ1v) is 7.27. The zero-order chi connectivity index (χ0) is 14.8. The molecule has 2 N–H and O–H groups in total. The molecule has 5 nitrogen and oxygen atoms in total. The van der Waals surface area contributed by atoms with E-state index in [9.17, 15) is 4.39 Å². The van der Waals surface area contributed by atoms with Crippen LogP contribution in [-0.4, -0.2) is 40.4 Å². The molecule has 2 atom stereocenters. The van der Waals surface area contributed by atoms with Gasteiger partial charge < -0.3 is 10.2 Å². The van der Waals surface area contributed by atoms with Crippen molar-refractivity contribution in [3.05, 3.63) is 41.5 Å². The van der Waals surface area contributed by atoms with Crippen molar-refractivity contribution >= 4 is 5.95 Å². The highest BCUT2D eigenvalue weighted by Crippen LogP contribution is 2.14. The van der Waals surface area contributed by atoms with Crippen LogP contribution >= 0.6 is 0 Å². The Kier molecular flexibility index (Phi) is 3.88. The summed E-state index contributed by atoms with van der Waals surface area (Å²) in [5.74, 6) is 1.26. The lowest BCUT2D eigenvalue weighted by Crippen LogP contribution is -2.54. The second-order valence-electron chi connectivity index (χ2n) is 5.76. The summed E-state index contributed by atoms with van der Waals surface area (Å²) in [6, 6.07) is 7.40. The molecule has 1 fully saturated rings. The van der Waals surface area contributed by atoms with E-state index in [0.29, 0.717) is 18.5 Å². The van der Waals surface area contributed by atoms with E-state index in [1.54, 1.807) is 6.07 Å². The van der Waals surface area contributed by atoms with Crippen molar-refractivity contribution in [2.45, 2.75) is 32.4 Å². The average Bonchev–Trinajstić information content (AvgIpc) is 2.86. The maximum Gasteiger partial charge on any atom is 0.244 e. The third-order valence-corrected chi connectivity index (χ3v) is 3.62. The van der Waals surface area contributed by atoms with Gasteiger partial charge in [0.25, 0.3) is 0 Å². The minimum Gasteiger partial charge on any atom is -0.336 e. The highest BCUT2D eigenvalue weighted by Gasteiger charge is 2.23. The zero-order valence-corrected chi connectivity index (χ0v) is 12.3. The number of anilines is 1. The first kappa shape index (κ1) is 14.0. The van der Waals surface area contributed by atoms with Crippen LogP contribution in [0.5, 0.6) is 0 Å². The Morgan fingerprint density at radius 1 is 1.29 bits per heavy atom. The van der Waals surface area contributed by atoms with Crippen LogP contribution in [0.15, 0.2) is 24.3 Å². The van der Waals surface area contributed by atoms with Crippen molar-refractivity contribution in [2.24, 2.45) is 0 Å². The van der Waals surface area contributed by atoms with Gasteiger partial charge in [0.2, 0.25) is 5.95 Å². The molecule has 2 unspecified atom stereocenters. The van der Waals surface area contributed by atoms with Gasteiger partial charge in [-0.3, -0.25) is 5.10 Å². The van der Waals surface area contributed by atoms with Crippen LogP contribution in [0.2, 0.25) is 0 Å². The van der Waals surface area contributed by atoms with Crippen LogP contribution < -0.4 is 10.2 Å². The van der Waals surface area contributed by atoms with Gasteiger partial charge >= 0.3 is 0 Å². The van der Waals surface area contributed by atoms with Gasteiger partial charge in [-0.2, -0.15) is 4.98 Å². The molecule has 0 amide bonds. The van der Waals surface area contributed by atoms with Gasteiger partial charge in [0.1, 0.15) is 11.6 Å². The highest BCUT2D eigenvalue weighted by molar-refractivity contribution is 5.32. The molecular weight excluding hydrogens is 269 g/mol. The Morgan fingerprint density at radius 2 is 2.05 bits per heavy atom. The summed E-state index contributed by atoms with van der Waals surface area (Å²) in [6.45, 7) is 6.09. The lowest BCUT2D eigenvalue weighted by atomic mass is 10.1. The van der Waals surface area contributed by atoms with Crippen LogP contribution in [0.3, 0.4) is 0 Å². The molecule has 0 aliphatic carbocycles. The topological polar surface area (TPSA) is 56.8 Å². The van der Waals surface area contributed by atoms with Gasteiger partial charge in [-0.15, -0.1) is 5.10 Å². The van der Waals surface area contributed by atoms with Crippen molar-refractivity contribution in [3.8, 4) is 0 Å². The maximum absolute atomic E-state index is 13.2. The monoisotopic (exact) mass is 289 g/mol. The van der Waals surface area contributed by atoms with Gasteiger partial charge in [0.15, 0.2) is 0 Å². The van der Waals surface area contributed by atoms with Crippen LogP contribution in [0.1, 0.15) is 25.2 Å². The third kappa shape index (κ3) is 3.39. The summed E-state index contributed by atoms with van der Waals surface area (Å²) >= 11 is 0. The number of aromatic nitrogens is 3. The van der Waals surface area contributed by atoms with Crippen LogP contribution in [-0.2, 0) is 6.42 Å². The van der Waals surface area contributed by atoms with E-state index in [1.807, 2.05) is 6.07 Å². The summed E-state index contributed by atoms with van der Waals surface area (Å²) in [5, 5.41) is 10.7. The summed E-state index contributed by atoms with van der Waals surface area (Å²) in [5.41, 5.74) is 0.889. The van der Waals surface area contributed by atoms with E-state index >= 15 is 0 Å². The van der Waals surface area contributed by atoms with Gasteiger partial charge in [-0.05, 0) is 31.5 Å². The molecular formula is C15H20FN5. The minimum atomic E-state index is -0.225. The molecule has 2 heterocycles. The fraction of sp³-hybridized carbons (Fsp3) is 0.467. The SMILES string of the molecule is CC1CN(c2n[nH]c(Cc3cccc(F)c3)n2)CC(C)N1. The number of halogens is 1. The second kappa shape index (κ2) is 5.81. The molecule has 0 saturated carbocycles. The number of nitrogens with one attached hydrogen (secondary N) is 2. The Morgan fingerprint density at radius 3 is 2.76 bits per heavy atom. The fourth-order valence-corrected chi connectivity index (χ4v) is 2.84. The van der Waals surface area contributed by atoms with Gasteiger partial charge in [-0.1, -0.05) is 12.1 Å². The van der Waals surface area contributed by atoms with Crippen molar-refractivity contribution in [1.29, 1.82) is 0 Å². The molecule has 1 aromatic carbocycles. The molecule has 2 aromatic rings. The summed E-state index contributed by atoms with van der Waals surface area (Å²) in [6.07, 6.45) is 0.557. The van der Waals surface area contributed by atoms with E-state index in [4.69, 9.17) is 0 Å². The number of hydrogen-bond donors (Lipinski definition) is 2.